The smallest absolute Gasteiger partial charge is 0.261 e. The molecule has 1 atom stereocenters. The molecule has 17 heavy (non-hydrogen) atoms. The van der Waals surface area contributed by atoms with Crippen molar-refractivity contribution in [2.24, 2.45) is 5.92 Å². The van der Waals surface area contributed by atoms with E-state index in [1.165, 1.54) is 0 Å². The number of hydrogen-bond donors (Lipinski definition) is 2. The Morgan fingerprint density at radius 2 is 2.18 bits per heavy atom. The topological polar surface area (TPSA) is 58.6 Å². The number of hydrogen-bond acceptors (Lipinski definition) is 3. The molecule has 0 bridgehead atoms. The second-order valence-corrected chi connectivity index (χ2v) is 4.00. The lowest BCUT2D eigenvalue weighted by Crippen LogP contribution is -2.26. The molecule has 0 heterocycles. The molecule has 0 aliphatic carbocycles. The van der Waals surface area contributed by atoms with Gasteiger partial charge in [0, 0.05) is 19.6 Å². The number of aliphatic hydroxyl groups excluding tert-OH is 1. The van der Waals surface area contributed by atoms with Crippen molar-refractivity contribution >= 4 is 5.91 Å². The zero-order chi connectivity index (χ0) is 13.1. The van der Waals surface area contributed by atoms with Crippen LogP contribution in [0.3, 0.4) is 0 Å². The fourth-order valence-corrected chi connectivity index (χ4v) is 1.20. The Labute approximate surface area is 100 Å². The highest BCUT2D eigenvalue weighted by atomic mass is 19.3. The summed E-state index contributed by atoms with van der Waals surface area (Å²) >= 11 is 0. The Kier molecular flexibility index (Phi) is 9.95. The molecular formula is C11H21F2NO3. The fraction of sp³-hybridized carbons (Fsp3) is 0.909. The summed E-state index contributed by atoms with van der Waals surface area (Å²) in [5.41, 5.74) is 0. The first-order valence-corrected chi connectivity index (χ1v) is 5.79. The van der Waals surface area contributed by atoms with Gasteiger partial charge in [0.25, 0.3) is 6.43 Å². The van der Waals surface area contributed by atoms with Crippen LogP contribution in [0.5, 0.6) is 0 Å². The molecular weight excluding hydrogens is 232 g/mol. The largest absolute Gasteiger partial charge is 0.396 e. The quantitative estimate of drug-likeness (QED) is 0.575. The lowest BCUT2D eigenvalue weighted by atomic mass is 10.1. The Morgan fingerprint density at radius 3 is 2.76 bits per heavy atom. The van der Waals surface area contributed by atoms with E-state index in [-0.39, 0.29) is 31.5 Å². The minimum atomic E-state index is -2.49. The molecule has 102 valence electrons. The summed E-state index contributed by atoms with van der Waals surface area (Å²) in [5, 5.41) is 11.4. The van der Waals surface area contributed by atoms with Crippen LogP contribution in [-0.2, 0) is 9.53 Å². The first kappa shape index (κ1) is 16.2. The second-order valence-electron chi connectivity index (χ2n) is 4.00. The molecule has 0 aliphatic heterocycles. The van der Waals surface area contributed by atoms with Crippen molar-refractivity contribution in [1.29, 1.82) is 0 Å². The third kappa shape index (κ3) is 11.5. The van der Waals surface area contributed by atoms with Crippen LogP contribution in [0.15, 0.2) is 0 Å². The van der Waals surface area contributed by atoms with E-state index in [0.29, 0.717) is 6.54 Å². The summed E-state index contributed by atoms with van der Waals surface area (Å²) in [7, 11) is 0. The molecule has 0 aromatic heterocycles. The first-order valence-electron chi connectivity index (χ1n) is 5.79. The number of nitrogens with one attached hydrogen (secondary N) is 1. The van der Waals surface area contributed by atoms with E-state index < -0.39 is 13.0 Å². The summed E-state index contributed by atoms with van der Waals surface area (Å²) in [6.45, 7) is 2.01. The van der Waals surface area contributed by atoms with Crippen molar-refractivity contribution in [3.63, 3.8) is 0 Å². The van der Waals surface area contributed by atoms with E-state index in [1.807, 2.05) is 6.92 Å². The average molecular weight is 253 g/mol. The van der Waals surface area contributed by atoms with Crippen molar-refractivity contribution in [2.45, 2.75) is 32.6 Å². The Morgan fingerprint density at radius 1 is 1.47 bits per heavy atom. The lowest BCUT2D eigenvalue weighted by molar-refractivity contribution is -0.122. The zero-order valence-electron chi connectivity index (χ0n) is 10.1. The predicted octanol–water partition coefficient (Wildman–Crippen LogP) is 1.18. The Bertz CT molecular complexity index is 203. The number of rotatable bonds is 10. The van der Waals surface area contributed by atoms with E-state index in [9.17, 15) is 13.6 Å². The number of amides is 1. The van der Waals surface area contributed by atoms with Crippen LogP contribution in [0.25, 0.3) is 0 Å². The minimum Gasteiger partial charge on any atom is -0.396 e. The van der Waals surface area contributed by atoms with Gasteiger partial charge >= 0.3 is 0 Å². The van der Waals surface area contributed by atoms with Crippen LogP contribution in [-0.4, -0.2) is 43.8 Å². The van der Waals surface area contributed by atoms with Crippen molar-refractivity contribution in [3.05, 3.63) is 0 Å². The van der Waals surface area contributed by atoms with Crippen molar-refractivity contribution in [2.75, 3.05) is 26.4 Å². The van der Waals surface area contributed by atoms with E-state index in [2.05, 4.69) is 10.1 Å². The third-order valence-corrected chi connectivity index (χ3v) is 2.22. The Hall–Kier alpha value is -0.750. The molecule has 4 nitrogen and oxygen atoms in total. The highest BCUT2D eigenvalue weighted by Gasteiger charge is 2.05. The fourth-order valence-electron chi connectivity index (χ4n) is 1.20. The van der Waals surface area contributed by atoms with Gasteiger partial charge in [0.05, 0.1) is 6.61 Å². The van der Waals surface area contributed by atoms with Gasteiger partial charge in [-0.1, -0.05) is 6.92 Å². The molecule has 0 aromatic carbocycles. The SMILES string of the molecule is CC(CO)CCCNC(=O)CCOCC(F)F. The molecule has 0 aliphatic rings. The molecule has 0 saturated heterocycles. The zero-order valence-corrected chi connectivity index (χ0v) is 10.1. The van der Waals surface area contributed by atoms with Gasteiger partial charge < -0.3 is 15.2 Å². The van der Waals surface area contributed by atoms with Gasteiger partial charge in [-0.15, -0.1) is 0 Å². The first-order chi connectivity index (χ1) is 8.06. The number of halogens is 2. The van der Waals surface area contributed by atoms with E-state index in [0.717, 1.165) is 12.8 Å². The molecule has 0 saturated carbocycles. The van der Waals surface area contributed by atoms with Gasteiger partial charge in [-0.25, -0.2) is 8.78 Å². The van der Waals surface area contributed by atoms with Crippen LogP contribution in [0.4, 0.5) is 8.78 Å². The van der Waals surface area contributed by atoms with Crippen LogP contribution in [0.1, 0.15) is 26.2 Å². The molecule has 1 amide bonds. The summed E-state index contributed by atoms with van der Waals surface area (Å²) < 4.78 is 27.9. The maximum atomic E-state index is 11.7. The maximum Gasteiger partial charge on any atom is 0.261 e. The van der Waals surface area contributed by atoms with Gasteiger partial charge in [0.15, 0.2) is 0 Å². The molecule has 0 fully saturated rings. The van der Waals surface area contributed by atoms with Crippen molar-refractivity contribution < 1.29 is 23.4 Å². The number of ether oxygens (including phenoxy) is 1. The van der Waals surface area contributed by atoms with Crippen LogP contribution in [0, 0.1) is 5.92 Å². The lowest BCUT2D eigenvalue weighted by Gasteiger charge is -2.08. The van der Waals surface area contributed by atoms with E-state index in [4.69, 9.17) is 5.11 Å². The molecule has 2 N–H and O–H groups in total. The molecule has 1 unspecified atom stereocenters. The third-order valence-electron chi connectivity index (χ3n) is 2.22. The van der Waals surface area contributed by atoms with E-state index in [1.54, 1.807) is 0 Å². The van der Waals surface area contributed by atoms with Crippen molar-refractivity contribution in [1.82, 2.24) is 5.32 Å². The minimum absolute atomic E-state index is 0.0171. The van der Waals surface area contributed by atoms with Gasteiger partial charge in [-0.3, -0.25) is 4.79 Å². The monoisotopic (exact) mass is 253 g/mol. The maximum absolute atomic E-state index is 11.7. The standard InChI is InChI=1S/C11H21F2NO3/c1-9(7-15)3-2-5-14-11(16)4-6-17-8-10(12)13/h9-10,15H,2-8H2,1H3,(H,14,16). The van der Waals surface area contributed by atoms with Crippen LogP contribution < -0.4 is 5.32 Å². The molecule has 0 spiro atoms. The van der Waals surface area contributed by atoms with Crippen molar-refractivity contribution in [3.8, 4) is 0 Å². The summed E-state index contributed by atoms with van der Waals surface area (Å²) in [4.78, 5) is 11.2. The van der Waals surface area contributed by atoms with Crippen LogP contribution in [0.2, 0.25) is 0 Å². The van der Waals surface area contributed by atoms with Gasteiger partial charge in [-0.05, 0) is 18.8 Å². The molecule has 0 radical (unpaired) electrons. The molecule has 6 heteroatoms. The molecule has 0 aromatic rings. The highest BCUT2D eigenvalue weighted by Crippen LogP contribution is 2.02. The number of carbonyl (C=O) groups excluding carboxylic acids is 1. The van der Waals surface area contributed by atoms with Gasteiger partial charge in [0.2, 0.25) is 5.91 Å². The summed E-state index contributed by atoms with van der Waals surface area (Å²) in [6.07, 6.45) is -0.746. The van der Waals surface area contributed by atoms with Gasteiger partial charge in [0.1, 0.15) is 6.61 Å². The normalized spacial score (nSPS) is 12.8. The number of alkyl halides is 2. The highest BCUT2D eigenvalue weighted by molar-refractivity contribution is 5.75. The summed E-state index contributed by atoms with van der Waals surface area (Å²) in [5.74, 6) is 0.0391. The second kappa shape index (κ2) is 10.4. The van der Waals surface area contributed by atoms with Crippen LogP contribution >= 0.6 is 0 Å². The number of carbonyl (C=O) groups is 1. The van der Waals surface area contributed by atoms with Gasteiger partial charge in [-0.2, -0.15) is 0 Å². The van der Waals surface area contributed by atoms with E-state index >= 15 is 0 Å². The summed E-state index contributed by atoms with van der Waals surface area (Å²) in [6, 6.07) is 0. The number of aliphatic hydroxyl groups is 1. The molecule has 0 rings (SSSR count). The average Bonchev–Trinajstić information content (AvgIpc) is 2.29. The predicted molar refractivity (Wildman–Crippen MR) is 59.9 cm³/mol. The Balaban J connectivity index is 3.29.